The average Bonchev–Trinajstić information content (AvgIpc) is 3.42. The summed E-state index contributed by atoms with van der Waals surface area (Å²) in [5, 5.41) is 6.76. The molecule has 31 heavy (non-hydrogen) atoms. The molecule has 0 radical (unpaired) electrons. The molecule has 0 saturated carbocycles. The van der Waals surface area contributed by atoms with Crippen molar-refractivity contribution in [2.24, 2.45) is 5.73 Å². The van der Waals surface area contributed by atoms with E-state index in [0.717, 1.165) is 0 Å². The number of anilines is 2. The van der Waals surface area contributed by atoms with Gasteiger partial charge in [-0.05, 0) is 36.4 Å². The summed E-state index contributed by atoms with van der Waals surface area (Å²) in [4.78, 5) is 32.5. The fourth-order valence-corrected chi connectivity index (χ4v) is 2.79. The van der Waals surface area contributed by atoms with Gasteiger partial charge in [0.2, 0.25) is 5.89 Å². The third-order valence-electron chi connectivity index (χ3n) is 4.30. The summed E-state index contributed by atoms with van der Waals surface area (Å²) >= 11 is 0. The minimum atomic E-state index is -0.796. The van der Waals surface area contributed by atoms with E-state index in [2.05, 4.69) is 20.4 Å². The van der Waals surface area contributed by atoms with Crippen LogP contribution in [0.2, 0.25) is 0 Å². The molecule has 0 bridgehead atoms. The van der Waals surface area contributed by atoms with E-state index in [1.54, 1.807) is 43.5 Å². The Bertz CT molecular complexity index is 1260. The van der Waals surface area contributed by atoms with Gasteiger partial charge in [0.05, 0.1) is 24.7 Å². The van der Waals surface area contributed by atoms with E-state index in [4.69, 9.17) is 20.6 Å². The Hall–Kier alpha value is -4.67. The number of methoxy groups -OCH3 is 1. The predicted molar refractivity (Wildman–Crippen MR) is 111 cm³/mol. The number of benzene rings is 1. The highest BCUT2D eigenvalue weighted by atomic mass is 16.5. The lowest BCUT2D eigenvalue weighted by Gasteiger charge is -2.03. The molecule has 156 valence electrons. The molecule has 0 atom stereocenters. The van der Waals surface area contributed by atoms with Gasteiger partial charge in [-0.2, -0.15) is 5.10 Å². The average molecular weight is 419 g/mol. The number of pyridine rings is 1. The Morgan fingerprint density at radius 3 is 2.65 bits per heavy atom. The number of nitrogens with two attached hydrogens (primary N) is 2. The van der Waals surface area contributed by atoms with Crippen molar-refractivity contribution in [3.05, 3.63) is 66.4 Å². The van der Waals surface area contributed by atoms with Crippen LogP contribution in [0.5, 0.6) is 5.75 Å². The molecule has 2 amide bonds. The number of rotatable bonds is 6. The molecule has 0 aliphatic heterocycles. The Kier molecular flexibility index (Phi) is 5.06. The number of nitrogens with zero attached hydrogens (tertiary/aromatic N) is 4. The van der Waals surface area contributed by atoms with E-state index < -0.39 is 11.8 Å². The maximum atomic E-state index is 12.7. The molecule has 1 aromatic carbocycles. The molecule has 4 aromatic rings. The van der Waals surface area contributed by atoms with Crippen LogP contribution in [0.3, 0.4) is 0 Å². The van der Waals surface area contributed by atoms with E-state index in [1.807, 2.05) is 0 Å². The van der Waals surface area contributed by atoms with Gasteiger partial charge >= 0.3 is 0 Å². The predicted octanol–water partition coefficient (Wildman–Crippen LogP) is 1.86. The van der Waals surface area contributed by atoms with E-state index in [1.165, 1.54) is 23.3 Å². The number of aromatic nitrogens is 4. The highest BCUT2D eigenvalue weighted by Gasteiger charge is 2.20. The molecule has 0 unspecified atom stereocenters. The van der Waals surface area contributed by atoms with Crippen LogP contribution in [-0.2, 0) is 0 Å². The highest BCUT2D eigenvalue weighted by molar-refractivity contribution is 6.07. The monoisotopic (exact) mass is 419 g/mol. The van der Waals surface area contributed by atoms with E-state index in [-0.39, 0.29) is 23.0 Å². The molecule has 5 N–H and O–H groups in total. The number of nitrogen functional groups attached to an aromatic ring is 1. The van der Waals surface area contributed by atoms with Crippen molar-refractivity contribution in [1.29, 1.82) is 0 Å². The van der Waals surface area contributed by atoms with Gasteiger partial charge < -0.3 is 25.9 Å². The minimum Gasteiger partial charge on any atom is -0.497 e. The lowest BCUT2D eigenvalue weighted by Crippen LogP contribution is -2.18. The number of hydrogen-bond donors (Lipinski definition) is 3. The van der Waals surface area contributed by atoms with Crippen LogP contribution in [0.4, 0.5) is 11.5 Å². The van der Waals surface area contributed by atoms with Crippen LogP contribution in [0, 0.1) is 0 Å². The zero-order valence-electron chi connectivity index (χ0n) is 16.3. The van der Waals surface area contributed by atoms with Crippen molar-refractivity contribution in [2.45, 2.75) is 0 Å². The second-order valence-electron chi connectivity index (χ2n) is 6.36. The number of hydrogen-bond acceptors (Lipinski definition) is 8. The summed E-state index contributed by atoms with van der Waals surface area (Å²) in [6.07, 6.45) is 4.17. The van der Waals surface area contributed by atoms with Crippen molar-refractivity contribution < 1.29 is 18.7 Å². The van der Waals surface area contributed by atoms with Gasteiger partial charge in [0.25, 0.3) is 11.8 Å². The van der Waals surface area contributed by atoms with E-state index in [9.17, 15) is 9.59 Å². The minimum absolute atomic E-state index is 0.00185. The lowest BCUT2D eigenvalue weighted by molar-refractivity contribution is 0.0996. The fourth-order valence-electron chi connectivity index (χ4n) is 2.79. The molecule has 3 heterocycles. The van der Waals surface area contributed by atoms with Crippen LogP contribution >= 0.6 is 0 Å². The van der Waals surface area contributed by atoms with Crippen molar-refractivity contribution >= 4 is 23.3 Å². The molecule has 0 aliphatic rings. The molecule has 0 saturated heterocycles. The topological polar surface area (TPSA) is 164 Å². The van der Waals surface area contributed by atoms with Gasteiger partial charge in [0.15, 0.2) is 11.4 Å². The number of carbonyl (C=O) groups excluding carboxylic acids is 2. The van der Waals surface area contributed by atoms with Crippen LogP contribution in [0.1, 0.15) is 21.0 Å². The molecule has 11 nitrogen and oxygen atoms in total. The third kappa shape index (κ3) is 4.05. The lowest BCUT2D eigenvalue weighted by atomic mass is 10.2. The zero-order valence-corrected chi connectivity index (χ0v) is 16.3. The number of ether oxygens (including phenoxy) is 1. The van der Waals surface area contributed by atoms with Crippen LogP contribution in [-0.4, -0.2) is 38.7 Å². The van der Waals surface area contributed by atoms with Gasteiger partial charge in [-0.1, -0.05) is 0 Å². The molecule has 3 aromatic heterocycles. The molecule has 0 fully saturated rings. The summed E-state index contributed by atoms with van der Waals surface area (Å²) in [6.45, 7) is 0. The maximum absolute atomic E-state index is 12.7. The fraction of sp³-hybridized carbons (Fsp3) is 0.0500. The number of amides is 2. The first-order valence-corrected chi connectivity index (χ1v) is 8.97. The Labute approximate surface area is 175 Å². The SMILES string of the molecule is COc1ccc(-n2cc(NC(=O)c3coc(-c4ccnc(N)c4)n3)c(C(N)=O)n2)cc1. The summed E-state index contributed by atoms with van der Waals surface area (Å²) < 4.78 is 11.9. The molecular weight excluding hydrogens is 402 g/mol. The molecular formula is C20H17N7O4. The summed E-state index contributed by atoms with van der Waals surface area (Å²) in [5.74, 6) is -0.246. The zero-order chi connectivity index (χ0) is 22.0. The van der Waals surface area contributed by atoms with Crippen molar-refractivity contribution in [3.8, 4) is 22.9 Å². The molecule has 4 rings (SSSR count). The summed E-state index contributed by atoms with van der Waals surface area (Å²) in [7, 11) is 1.56. The maximum Gasteiger partial charge on any atom is 0.277 e. The number of oxazole rings is 1. The Morgan fingerprint density at radius 2 is 1.97 bits per heavy atom. The normalized spacial score (nSPS) is 10.6. The van der Waals surface area contributed by atoms with Gasteiger partial charge in [-0.25, -0.2) is 14.6 Å². The van der Waals surface area contributed by atoms with Gasteiger partial charge in [0.1, 0.15) is 17.8 Å². The third-order valence-corrected chi connectivity index (χ3v) is 4.30. The second-order valence-corrected chi connectivity index (χ2v) is 6.36. The molecule has 11 heteroatoms. The number of primary amides is 1. The molecule has 0 spiro atoms. The molecule has 0 aliphatic carbocycles. The van der Waals surface area contributed by atoms with Crippen molar-refractivity contribution in [2.75, 3.05) is 18.2 Å². The van der Waals surface area contributed by atoms with Crippen LogP contribution in [0.25, 0.3) is 17.1 Å². The summed E-state index contributed by atoms with van der Waals surface area (Å²) in [6, 6.07) is 10.2. The Balaban J connectivity index is 1.59. The van der Waals surface area contributed by atoms with Crippen LogP contribution in [0.15, 0.2) is 59.5 Å². The van der Waals surface area contributed by atoms with Gasteiger partial charge in [-0.3, -0.25) is 9.59 Å². The van der Waals surface area contributed by atoms with E-state index >= 15 is 0 Å². The van der Waals surface area contributed by atoms with Gasteiger partial charge in [-0.15, -0.1) is 0 Å². The van der Waals surface area contributed by atoms with Crippen molar-refractivity contribution in [3.63, 3.8) is 0 Å². The summed E-state index contributed by atoms with van der Waals surface area (Å²) in [5.41, 5.74) is 12.3. The van der Waals surface area contributed by atoms with Crippen molar-refractivity contribution in [1.82, 2.24) is 19.7 Å². The largest absolute Gasteiger partial charge is 0.497 e. The smallest absolute Gasteiger partial charge is 0.277 e. The first kappa shape index (κ1) is 19.6. The standard InChI is InChI=1S/C20H17N7O4/c1-30-13-4-2-12(3-5-13)27-9-14(17(26-27)18(22)28)24-19(29)15-10-31-20(25-15)11-6-7-23-16(21)8-11/h2-10H,1H3,(H2,21,23)(H2,22,28)(H,24,29). The van der Waals surface area contributed by atoms with Crippen LogP contribution < -0.4 is 21.5 Å². The second kappa shape index (κ2) is 7.99. The first-order chi connectivity index (χ1) is 14.9. The number of carbonyl (C=O) groups is 2. The highest BCUT2D eigenvalue weighted by Crippen LogP contribution is 2.22. The Morgan fingerprint density at radius 1 is 1.19 bits per heavy atom. The quantitative estimate of drug-likeness (QED) is 0.426. The van der Waals surface area contributed by atoms with Gasteiger partial charge in [0, 0.05) is 11.8 Å². The number of nitrogens with one attached hydrogen (secondary N) is 1. The van der Waals surface area contributed by atoms with E-state index in [0.29, 0.717) is 22.8 Å². The first-order valence-electron chi connectivity index (χ1n) is 8.97.